The van der Waals surface area contributed by atoms with Gasteiger partial charge in [0.2, 0.25) is 0 Å². The number of aromatic nitrogens is 2. The summed E-state index contributed by atoms with van der Waals surface area (Å²) in [7, 11) is 0. The number of benzene rings is 1. The fraction of sp³-hybridized carbons (Fsp3) is 0.0625. The van der Waals surface area contributed by atoms with Gasteiger partial charge in [-0.3, -0.25) is 9.78 Å². The fourth-order valence-electron chi connectivity index (χ4n) is 2.09. The molecule has 0 spiro atoms. The zero-order valence-electron chi connectivity index (χ0n) is 11.3. The van der Waals surface area contributed by atoms with Crippen LogP contribution in [0.5, 0.6) is 0 Å². The molecule has 3 rings (SSSR count). The Hall–Kier alpha value is -2.82. The molecule has 3 aromatic rings. The number of aryl methyl sites for hydroxylation is 1. The van der Waals surface area contributed by atoms with Crippen molar-refractivity contribution in [1.82, 2.24) is 9.97 Å². The molecule has 1 N–H and O–H groups in total. The van der Waals surface area contributed by atoms with Gasteiger partial charge in [0.25, 0.3) is 5.91 Å². The lowest BCUT2D eigenvalue weighted by Gasteiger charge is -2.08. The Morgan fingerprint density at radius 2 is 2.05 bits per heavy atom. The highest BCUT2D eigenvalue weighted by Gasteiger charge is 2.12. The van der Waals surface area contributed by atoms with Crippen LogP contribution in [-0.4, -0.2) is 15.9 Å². The second-order valence-electron chi connectivity index (χ2n) is 4.63. The molecule has 0 radical (unpaired) electrons. The van der Waals surface area contributed by atoms with Crippen LogP contribution in [0.25, 0.3) is 10.9 Å². The first-order valence-corrected chi connectivity index (χ1v) is 6.43. The van der Waals surface area contributed by atoms with Gasteiger partial charge in [-0.2, -0.15) is 0 Å². The highest BCUT2D eigenvalue weighted by atomic mass is 19.1. The molecule has 2 aromatic heterocycles. The van der Waals surface area contributed by atoms with E-state index in [4.69, 9.17) is 0 Å². The Morgan fingerprint density at radius 3 is 2.81 bits per heavy atom. The monoisotopic (exact) mass is 281 g/mol. The zero-order valence-corrected chi connectivity index (χ0v) is 11.3. The largest absolute Gasteiger partial charge is 0.307 e. The van der Waals surface area contributed by atoms with Gasteiger partial charge in [-0.05, 0) is 43.3 Å². The number of nitrogens with zero attached hydrogens (tertiary/aromatic N) is 2. The molecule has 0 fully saturated rings. The zero-order chi connectivity index (χ0) is 14.8. The SMILES string of the molecule is Cc1nc2ccc(F)cc2cc1C(=O)Nc1ccccn1. The van der Waals surface area contributed by atoms with Crippen molar-refractivity contribution in [2.75, 3.05) is 5.32 Å². The fourth-order valence-corrected chi connectivity index (χ4v) is 2.09. The topological polar surface area (TPSA) is 54.9 Å². The van der Waals surface area contributed by atoms with E-state index in [-0.39, 0.29) is 11.7 Å². The van der Waals surface area contributed by atoms with E-state index in [1.165, 1.54) is 12.1 Å². The van der Waals surface area contributed by atoms with Crippen LogP contribution in [-0.2, 0) is 0 Å². The van der Waals surface area contributed by atoms with Gasteiger partial charge in [-0.15, -0.1) is 0 Å². The van der Waals surface area contributed by atoms with Crippen molar-refractivity contribution in [3.05, 3.63) is 65.7 Å². The third kappa shape index (κ3) is 2.72. The average molecular weight is 281 g/mol. The van der Waals surface area contributed by atoms with Crippen molar-refractivity contribution in [3.63, 3.8) is 0 Å². The Morgan fingerprint density at radius 1 is 1.19 bits per heavy atom. The van der Waals surface area contributed by atoms with Crippen LogP contribution < -0.4 is 5.32 Å². The lowest BCUT2D eigenvalue weighted by Crippen LogP contribution is -2.15. The van der Waals surface area contributed by atoms with Crippen LogP contribution in [0.2, 0.25) is 0 Å². The van der Waals surface area contributed by atoms with Gasteiger partial charge < -0.3 is 5.32 Å². The Labute approximate surface area is 120 Å². The number of hydrogen-bond acceptors (Lipinski definition) is 3. The van der Waals surface area contributed by atoms with Crippen LogP contribution in [0, 0.1) is 12.7 Å². The Balaban J connectivity index is 1.99. The normalized spacial score (nSPS) is 10.6. The van der Waals surface area contributed by atoms with E-state index < -0.39 is 0 Å². The van der Waals surface area contributed by atoms with Gasteiger partial charge in [0.1, 0.15) is 11.6 Å². The third-order valence-electron chi connectivity index (χ3n) is 3.12. The van der Waals surface area contributed by atoms with E-state index in [9.17, 15) is 9.18 Å². The minimum absolute atomic E-state index is 0.315. The maximum Gasteiger partial charge on any atom is 0.258 e. The molecule has 0 aliphatic heterocycles. The minimum Gasteiger partial charge on any atom is -0.307 e. The number of halogens is 1. The summed E-state index contributed by atoms with van der Waals surface area (Å²) >= 11 is 0. The first-order chi connectivity index (χ1) is 10.1. The summed E-state index contributed by atoms with van der Waals surface area (Å²) in [6, 6.07) is 11.2. The first-order valence-electron chi connectivity index (χ1n) is 6.43. The number of rotatable bonds is 2. The molecule has 21 heavy (non-hydrogen) atoms. The van der Waals surface area contributed by atoms with E-state index in [2.05, 4.69) is 15.3 Å². The van der Waals surface area contributed by atoms with Crippen LogP contribution in [0.15, 0.2) is 48.7 Å². The van der Waals surface area contributed by atoms with E-state index >= 15 is 0 Å². The molecule has 5 heteroatoms. The molecule has 4 nitrogen and oxygen atoms in total. The van der Waals surface area contributed by atoms with E-state index in [0.29, 0.717) is 28.0 Å². The molecule has 0 saturated heterocycles. The van der Waals surface area contributed by atoms with Gasteiger partial charge in [-0.1, -0.05) is 6.07 Å². The Bertz CT molecular complexity index is 818. The minimum atomic E-state index is -0.357. The third-order valence-corrected chi connectivity index (χ3v) is 3.12. The van der Waals surface area contributed by atoms with E-state index in [1.807, 2.05) is 0 Å². The van der Waals surface area contributed by atoms with Crippen molar-refractivity contribution < 1.29 is 9.18 Å². The lowest BCUT2D eigenvalue weighted by molar-refractivity contribution is 0.102. The molecule has 1 amide bonds. The molecular weight excluding hydrogens is 269 g/mol. The molecule has 104 valence electrons. The van der Waals surface area contributed by atoms with E-state index in [1.54, 1.807) is 43.5 Å². The number of carbonyl (C=O) groups is 1. The number of fused-ring (bicyclic) bond motifs is 1. The maximum atomic E-state index is 13.3. The standard InChI is InChI=1S/C16H12FN3O/c1-10-13(16(21)20-15-4-2-3-7-18-15)9-11-8-12(17)5-6-14(11)19-10/h2-9H,1H3,(H,18,20,21). The number of nitrogens with one attached hydrogen (secondary N) is 1. The molecule has 1 aromatic carbocycles. The summed E-state index contributed by atoms with van der Waals surface area (Å²) in [5.41, 5.74) is 1.64. The molecule has 0 bridgehead atoms. The van der Waals surface area contributed by atoms with Gasteiger partial charge in [0.05, 0.1) is 16.8 Å². The predicted octanol–water partition coefficient (Wildman–Crippen LogP) is 3.33. The maximum absolute atomic E-state index is 13.3. The first kappa shape index (κ1) is 13.2. The van der Waals surface area contributed by atoms with Crippen molar-refractivity contribution >= 4 is 22.6 Å². The van der Waals surface area contributed by atoms with Gasteiger partial charge in [0.15, 0.2) is 0 Å². The van der Waals surface area contributed by atoms with Gasteiger partial charge >= 0.3 is 0 Å². The second-order valence-corrected chi connectivity index (χ2v) is 4.63. The number of amides is 1. The number of pyridine rings is 2. The predicted molar refractivity (Wildman–Crippen MR) is 78.6 cm³/mol. The molecule has 0 aliphatic rings. The quantitative estimate of drug-likeness (QED) is 0.784. The molecule has 0 atom stereocenters. The van der Waals surface area contributed by atoms with E-state index in [0.717, 1.165) is 0 Å². The highest BCUT2D eigenvalue weighted by molar-refractivity contribution is 6.06. The second kappa shape index (κ2) is 5.28. The molecule has 2 heterocycles. The number of carbonyl (C=O) groups excluding carboxylic acids is 1. The van der Waals surface area contributed by atoms with Gasteiger partial charge in [0, 0.05) is 11.6 Å². The van der Waals surface area contributed by atoms with Crippen LogP contribution in [0.3, 0.4) is 0 Å². The lowest BCUT2D eigenvalue weighted by atomic mass is 10.1. The number of anilines is 1. The molecule has 0 aliphatic carbocycles. The van der Waals surface area contributed by atoms with Crippen LogP contribution in [0.4, 0.5) is 10.2 Å². The van der Waals surface area contributed by atoms with Crippen LogP contribution in [0.1, 0.15) is 16.1 Å². The Kier molecular flexibility index (Phi) is 3.31. The summed E-state index contributed by atoms with van der Waals surface area (Å²) in [6.45, 7) is 1.75. The number of hydrogen-bond donors (Lipinski definition) is 1. The molecule has 0 saturated carbocycles. The average Bonchev–Trinajstić information content (AvgIpc) is 2.48. The van der Waals surface area contributed by atoms with Crippen molar-refractivity contribution in [3.8, 4) is 0 Å². The van der Waals surface area contributed by atoms with Crippen LogP contribution >= 0.6 is 0 Å². The smallest absolute Gasteiger partial charge is 0.258 e. The summed E-state index contributed by atoms with van der Waals surface area (Å²) in [5, 5.41) is 3.28. The van der Waals surface area contributed by atoms with Gasteiger partial charge in [-0.25, -0.2) is 9.37 Å². The summed E-state index contributed by atoms with van der Waals surface area (Å²) in [5.74, 6) is -0.213. The highest BCUT2D eigenvalue weighted by Crippen LogP contribution is 2.18. The van der Waals surface area contributed by atoms with Crippen molar-refractivity contribution in [1.29, 1.82) is 0 Å². The van der Waals surface area contributed by atoms with Crippen molar-refractivity contribution in [2.24, 2.45) is 0 Å². The molecule has 0 unspecified atom stereocenters. The van der Waals surface area contributed by atoms with Crippen molar-refractivity contribution in [2.45, 2.75) is 6.92 Å². The summed E-state index contributed by atoms with van der Waals surface area (Å²) in [6.07, 6.45) is 1.59. The molecular formula is C16H12FN3O. The summed E-state index contributed by atoms with van der Waals surface area (Å²) in [4.78, 5) is 20.6. The summed E-state index contributed by atoms with van der Waals surface area (Å²) < 4.78 is 13.3.